The predicted molar refractivity (Wildman–Crippen MR) is 94.8 cm³/mol. The summed E-state index contributed by atoms with van der Waals surface area (Å²) >= 11 is 0. The van der Waals surface area contributed by atoms with E-state index >= 15 is 0 Å². The SMILES string of the molecule is CN(C)S(=O)(=O)c1ccc(F)c(C(=O)Nc2cccc(S(C)(=O)=O)c2)c1. The predicted octanol–water partition coefficient (Wildman–Crippen LogP) is 1.73. The van der Waals surface area contributed by atoms with Gasteiger partial charge in [-0.15, -0.1) is 0 Å². The van der Waals surface area contributed by atoms with Crippen molar-refractivity contribution in [2.45, 2.75) is 9.79 Å². The van der Waals surface area contributed by atoms with Crippen LogP contribution in [0.25, 0.3) is 0 Å². The molecule has 2 rings (SSSR count). The summed E-state index contributed by atoms with van der Waals surface area (Å²) in [5, 5.41) is 2.37. The molecule has 0 spiro atoms. The number of nitrogens with zero attached hydrogens (tertiary/aromatic N) is 1. The Morgan fingerprint density at radius 3 is 2.23 bits per heavy atom. The number of amides is 1. The molecule has 1 amide bonds. The molecule has 26 heavy (non-hydrogen) atoms. The van der Waals surface area contributed by atoms with E-state index in [-0.39, 0.29) is 15.5 Å². The van der Waals surface area contributed by atoms with Gasteiger partial charge in [-0.3, -0.25) is 4.79 Å². The minimum atomic E-state index is -3.84. The first-order valence-electron chi connectivity index (χ1n) is 7.26. The molecule has 0 aliphatic rings. The maximum absolute atomic E-state index is 14.0. The largest absolute Gasteiger partial charge is 0.322 e. The van der Waals surface area contributed by atoms with Gasteiger partial charge in [0.2, 0.25) is 10.0 Å². The lowest BCUT2D eigenvalue weighted by molar-refractivity contribution is 0.102. The zero-order valence-corrected chi connectivity index (χ0v) is 15.9. The molecule has 0 aromatic heterocycles. The number of hydrogen-bond donors (Lipinski definition) is 1. The van der Waals surface area contributed by atoms with Crippen LogP contribution in [0, 0.1) is 5.82 Å². The van der Waals surface area contributed by atoms with E-state index in [2.05, 4.69) is 5.32 Å². The number of sulfone groups is 1. The highest BCUT2D eigenvalue weighted by Crippen LogP contribution is 2.20. The van der Waals surface area contributed by atoms with Gasteiger partial charge in [-0.25, -0.2) is 25.5 Å². The molecule has 7 nitrogen and oxygen atoms in total. The van der Waals surface area contributed by atoms with Crippen molar-refractivity contribution in [2.24, 2.45) is 0 Å². The highest BCUT2D eigenvalue weighted by Gasteiger charge is 2.21. The Labute approximate surface area is 151 Å². The summed E-state index contributed by atoms with van der Waals surface area (Å²) < 4.78 is 62.4. The zero-order chi connectivity index (χ0) is 19.7. The second-order valence-electron chi connectivity index (χ2n) is 5.68. The number of benzene rings is 2. The van der Waals surface area contributed by atoms with Gasteiger partial charge in [0.25, 0.3) is 5.91 Å². The lowest BCUT2D eigenvalue weighted by atomic mass is 10.2. The fourth-order valence-corrected chi connectivity index (χ4v) is 3.65. The van der Waals surface area contributed by atoms with Gasteiger partial charge in [0.05, 0.1) is 15.4 Å². The van der Waals surface area contributed by atoms with Gasteiger partial charge in [0, 0.05) is 26.0 Å². The summed E-state index contributed by atoms with van der Waals surface area (Å²) in [5.74, 6) is -1.80. The fraction of sp³-hybridized carbons (Fsp3) is 0.188. The topological polar surface area (TPSA) is 101 Å². The summed E-state index contributed by atoms with van der Waals surface area (Å²) in [7, 11) is -4.69. The van der Waals surface area contributed by atoms with Crippen LogP contribution in [0.3, 0.4) is 0 Å². The summed E-state index contributed by atoms with van der Waals surface area (Å²) in [5.41, 5.74) is -0.337. The van der Waals surface area contributed by atoms with Crippen molar-refractivity contribution >= 4 is 31.5 Å². The van der Waals surface area contributed by atoms with Crippen molar-refractivity contribution in [1.82, 2.24) is 4.31 Å². The van der Waals surface area contributed by atoms with Gasteiger partial charge < -0.3 is 5.32 Å². The van der Waals surface area contributed by atoms with Crippen LogP contribution in [0.2, 0.25) is 0 Å². The molecule has 0 aliphatic heterocycles. The Bertz CT molecular complexity index is 1060. The number of sulfonamides is 1. The maximum Gasteiger partial charge on any atom is 0.258 e. The van der Waals surface area contributed by atoms with Crippen LogP contribution in [0.4, 0.5) is 10.1 Å². The van der Waals surface area contributed by atoms with Crippen LogP contribution < -0.4 is 5.32 Å². The molecule has 0 bridgehead atoms. The number of hydrogen-bond acceptors (Lipinski definition) is 5. The van der Waals surface area contributed by atoms with Crippen molar-refractivity contribution in [3.8, 4) is 0 Å². The highest BCUT2D eigenvalue weighted by atomic mass is 32.2. The Kier molecular flexibility index (Phi) is 5.49. The van der Waals surface area contributed by atoms with Gasteiger partial charge in [-0.2, -0.15) is 0 Å². The third-order valence-corrected chi connectivity index (χ3v) is 6.40. The number of halogens is 1. The van der Waals surface area contributed by atoms with Crippen molar-refractivity contribution < 1.29 is 26.0 Å². The number of carbonyl (C=O) groups is 1. The van der Waals surface area contributed by atoms with Gasteiger partial charge in [-0.05, 0) is 36.4 Å². The Balaban J connectivity index is 2.39. The van der Waals surface area contributed by atoms with Crippen LogP contribution in [0.15, 0.2) is 52.3 Å². The maximum atomic E-state index is 14.0. The number of anilines is 1. The zero-order valence-electron chi connectivity index (χ0n) is 14.2. The van der Waals surface area contributed by atoms with E-state index in [1.165, 1.54) is 38.4 Å². The smallest absolute Gasteiger partial charge is 0.258 e. The lowest BCUT2D eigenvalue weighted by Crippen LogP contribution is -2.23. The van der Waals surface area contributed by atoms with E-state index in [0.29, 0.717) is 0 Å². The first-order chi connectivity index (χ1) is 11.9. The number of nitrogens with one attached hydrogen (secondary N) is 1. The minimum absolute atomic E-state index is 0.0142. The first-order valence-corrected chi connectivity index (χ1v) is 10.6. The van der Waals surface area contributed by atoms with Crippen molar-refractivity contribution in [2.75, 3.05) is 25.7 Å². The van der Waals surface area contributed by atoms with E-state index < -0.39 is 37.1 Å². The standard InChI is InChI=1S/C16H17FN2O5S2/c1-19(2)26(23,24)13-7-8-15(17)14(10-13)16(20)18-11-5-4-6-12(9-11)25(3,21)22/h4-10H,1-3H3,(H,18,20). The molecule has 0 aliphatic carbocycles. The normalized spacial score (nSPS) is 12.2. The highest BCUT2D eigenvalue weighted by molar-refractivity contribution is 7.90. The molecule has 10 heteroatoms. The third-order valence-electron chi connectivity index (χ3n) is 3.48. The Morgan fingerprint density at radius 2 is 1.65 bits per heavy atom. The molecular formula is C16H17FN2O5S2. The van der Waals surface area contributed by atoms with Crippen LogP contribution in [0.1, 0.15) is 10.4 Å². The molecule has 0 fully saturated rings. The Morgan fingerprint density at radius 1 is 1.00 bits per heavy atom. The molecular weight excluding hydrogens is 383 g/mol. The van der Waals surface area contributed by atoms with Gasteiger partial charge in [0.15, 0.2) is 9.84 Å². The Hall–Kier alpha value is -2.30. The quantitative estimate of drug-likeness (QED) is 0.824. The van der Waals surface area contributed by atoms with E-state index in [1.54, 1.807) is 0 Å². The number of carbonyl (C=O) groups excluding carboxylic acids is 1. The molecule has 140 valence electrons. The molecule has 2 aromatic carbocycles. The molecule has 0 radical (unpaired) electrons. The molecule has 0 atom stereocenters. The van der Waals surface area contributed by atoms with Gasteiger partial charge in [-0.1, -0.05) is 6.07 Å². The molecule has 0 unspecified atom stereocenters. The van der Waals surface area contributed by atoms with Gasteiger partial charge >= 0.3 is 0 Å². The summed E-state index contributed by atoms with van der Waals surface area (Å²) in [6, 6.07) is 8.33. The lowest BCUT2D eigenvalue weighted by Gasteiger charge is -2.13. The molecule has 0 heterocycles. The summed E-state index contributed by atoms with van der Waals surface area (Å²) in [6.07, 6.45) is 1.02. The van der Waals surface area contributed by atoms with Crippen LogP contribution in [0.5, 0.6) is 0 Å². The van der Waals surface area contributed by atoms with E-state index in [0.717, 1.165) is 28.8 Å². The number of rotatable bonds is 5. The van der Waals surface area contributed by atoms with E-state index in [9.17, 15) is 26.0 Å². The summed E-state index contributed by atoms with van der Waals surface area (Å²) in [6.45, 7) is 0. The monoisotopic (exact) mass is 400 g/mol. The molecule has 2 aromatic rings. The molecule has 0 saturated heterocycles. The molecule has 0 saturated carbocycles. The van der Waals surface area contributed by atoms with Crippen LogP contribution in [-0.2, 0) is 19.9 Å². The van der Waals surface area contributed by atoms with Crippen molar-refractivity contribution in [3.63, 3.8) is 0 Å². The van der Waals surface area contributed by atoms with Crippen LogP contribution in [-0.4, -0.2) is 47.4 Å². The third kappa shape index (κ3) is 4.26. The second kappa shape index (κ2) is 7.14. The van der Waals surface area contributed by atoms with E-state index in [1.807, 2.05) is 0 Å². The summed E-state index contributed by atoms with van der Waals surface area (Å²) in [4.78, 5) is 12.1. The van der Waals surface area contributed by atoms with E-state index in [4.69, 9.17) is 0 Å². The molecule has 1 N–H and O–H groups in total. The first kappa shape index (κ1) is 20.0. The van der Waals surface area contributed by atoms with Crippen molar-refractivity contribution in [1.29, 1.82) is 0 Å². The van der Waals surface area contributed by atoms with Gasteiger partial charge in [0.1, 0.15) is 5.82 Å². The average molecular weight is 400 g/mol. The minimum Gasteiger partial charge on any atom is -0.322 e. The van der Waals surface area contributed by atoms with Crippen molar-refractivity contribution in [3.05, 3.63) is 53.8 Å². The average Bonchev–Trinajstić information content (AvgIpc) is 2.54. The van der Waals surface area contributed by atoms with Crippen LogP contribution >= 0.6 is 0 Å². The fourth-order valence-electron chi connectivity index (χ4n) is 2.05. The second-order valence-corrected chi connectivity index (χ2v) is 9.85.